The molecule has 0 N–H and O–H groups in total. The van der Waals surface area contributed by atoms with Crippen molar-refractivity contribution in [2.24, 2.45) is 0 Å². The van der Waals surface area contributed by atoms with E-state index >= 15 is 0 Å². The van der Waals surface area contributed by atoms with Crippen molar-refractivity contribution in [1.82, 2.24) is 0 Å². The van der Waals surface area contributed by atoms with E-state index in [-0.39, 0.29) is 0 Å². The molecule has 0 saturated heterocycles. The molecular weight excluding hydrogens is 712 g/mol. The van der Waals surface area contributed by atoms with Crippen LogP contribution in [0.1, 0.15) is 49.9 Å². The van der Waals surface area contributed by atoms with Gasteiger partial charge >= 0.3 is 264 Å². The average molecular weight is 744 g/mol. The minimum atomic E-state index is -4.74. The standard InChI is InChI=1S/2C10H13.2C7H3ClF3.Sn/c2*1-10(2,3)9-7-5-4-6-8-9;2*8-6-4-2-1-3-5(6)7(9,10)11;/h2*4-8H,1H2,2-3H3;2*2-4H;. The van der Waals surface area contributed by atoms with Crippen LogP contribution in [0.3, 0.4) is 0 Å². The molecule has 0 spiro atoms. The van der Waals surface area contributed by atoms with Gasteiger partial charge in [-0.25, -0.2) is 0 Å². The third kappa shape index (κ3) is 7.39. The second-order valence-corrected chi connectivity index (χ2v) is 24.6. The number of halogens is 8. The molecule has 0 aliphatic carbocycles. The first-order valence-electron chi connectivity index (χ1n) is 13.7. The summed E-state index contributed by atoms with van der Waals surface area (Å²) in [6, 6.07) is 26.9. The third-order valence-electron chi connectivity index (χ3n) is 8.25. The van der Waals surface area contributed by atoms with Gasteiger partial charge in [0.1, 0.15) is 0 Å². The maximum atomic E-state index is 14.3. The van der Waals surface area contributed by atoms with Crippen molar-refractivity contribution in [3.05, 3.63) is 129 Å². The first-order chi connectivity index (χ1) is 19.9. The monoisotopic (exact) mass is 744 g/mol. The van der Waals surface area contributed by atoms with Gasteiger partial charge in [-0.2, -0.15) is 0 Å². The molecule has 43 heavy (non-hydrogen) atoms. The van der Waals surface area contributed by atoms with Crippen LogP contribution in [-0.2, 0) is 23.2 Å². The van der Waals surface area contributed by atoms with Crippen LogP contribution < -0.4 is 7.16 Å². The Morgan fingerprint density at radius 1 is 0.512 bits per heavy atom. The van der Waals surface area contributed by atoms with E-state index in [9.17, 15) is 26.3 Å². The minimum absolute atomic E-state index is 0.389. The Hall–Kier alpha value is -2.16. The maximum absolute atomic E-state index is 14.3. The van der Waals surface area contributed by atoms with Crippen molar-refractivity contribution in [3.63, 3.8) is 0 Å². The van der Waals surface area contributed by atoms with Gasteiger partial charge in [-0.3, -0.25) is 0 Å². The first kappa shape index (κ1) is 33.7. The fourth-order valence-corrected chi connectivity index (χ4v) is 24.8. The summed E-state index contributed by atoms with van der Waals surface area (Å²) in [5.41, 5.74) is -1.28. The number of rotatable bonds is 8. The molecular formula is C34H32Cl2F6Sn. The number of hydrogen-bond acceptors (Lipinski definition) is 0. The quantitative estimate of drug-likeness (QED) is 0.125. The first-order valence-corrected chi connectivity index (χ1v) is 21.4. The van der Waals surface area contributed by atoms with Gasteiger partial charge < -0.3 is 0 Å². The van der Waals surface area contributed by atoms with Gasteiger partial charge in [-0.05, 0) is 0 Å². The molecule has 4 rings (SSSR count). The molecule has 0 atom stereocenters. The molecule has 0 aliphatic heterocycles. The molecule has 0 aliphatic rings. The van der Waals surface area contributed by atoms with E-state index in [0.29, 0.717) is 16.0 Å². The van der Waals surface area contributed by atoms with Gasteiger partial charge in [0.15, 0.2) is 0 Å². The van der Waals surface area contributed by atoms with E-state index in [4.69, 9.17) is 23.2 Å². The molecule has 0 radical (unpaired) electrons. The molecule has 0 aromatic heterocycles. The van der Waals surface area contributed by atoms with E-state index in [2.05, 4.69) is 0 Å². The Labute approximate surface area is 262 Å². The normalized spacial score (nSPS) is 13.3. The molecule has 228 valence electrons. The summed E-state index contributed by atoms with van der Waals surface area (Å²) >= 11 is 7.45. The van der Waals surface area contributed by atoms with Crippen LogP contribution in [0.5, 0.6) is 0 Å². The Morgan fingerprint density at radius 3 is 1.14 bits per heavy atom. The summed E-state index contributed by atoms with van der Waals surface area (Å²) < 4.78 is 87.3. The topological polar surface area (TPSA) is 0 Å². The predicted molar refractivity (Wildman–Crippen MR) is 166 cm³/mol. The van der Waals surface area contributed by atoms with Crippen LogP contribution in [0.25, 0.3) is 0 Å². The van der Waals surface area contributed by atoms with Crippen molar-refractivity contribution in [2.75, 3.05) is 0 Å². The van der Waals surface area contributed by atoms with Crippen LogP contribution in [0, 0.1) is 0 Å². The summed E-state index contributed by atoms with van der Waals surface area (Å²) in [6.07, 6.45) is -9.49. The zero-order valence-corrected chi connectivity index (χ0v) is 28.5. The molecule has 0 bridgehead atoms. The van der Waals surface area contributed by atoms with Crippen molar-refractivity contribution in [1.29, 1.82) is 0 Å². The number of benzene rings is 4. The van der Waals surface area contributed by atoms with Crippen LogP contribution in [0.15, 0.2) is 97.1 Å². The van der Waals surface area contributed by atoms with Crippen molar-refractivity contribution in [3.8, 4) is 0 Å². The summed E-state index contributed by atoms with van der Waals surface area (Å²) in [5.74, 6) is 0. The van der Waals surface area contributed by atoms with Crippen LogP contribution in [-0.4, -0.2) is 18.4 Å². The third-order valence-corrected chi connectivity index (χ3v) is 25.5. The SMILES string of the molecule is CC(C)([CH2][Sn]([CH2]C(C)(C)c1ccccc1)([c]1ccc(Cl)c(C(F)(F)F)c1)[c]1ccc(Cl)c(C(F)(F)F)c1)c1ccccc1. The Morgan fingerprint density at radius 2 is 0.837 bits per heavy atom. The zero-order valence-electron chi connectivity index (χ0n) is 24.2. The summed E-state index contributed by atoms with van der Waals surface area (Å²) in [4.78, 5) is 0. The molecule has 9 heteroatoms. The van der Waals surface area contributed by atoms with Crippen molar-refractivity contribution >= 4 is 48.7 Å². The predicted octanol–water partition coefficient (Wildman–Crippen LogP) is 10.5. The zero-order chi connectivity index (χ0) is 31.8. The number of hydrogen-bond donors (Lipinski definition) is 0. The molecule has 0 amide bonds. The Kier molecular flexibility index (Phi) is 9.66. The molecule has 4 aromatic rings. The van der Waals surface area contributed by atoms with E-state index in [1.54, 1.807) is 12.1 Å². The average Bonchev–Trinajstić information content (AvgIpc) is 2.92. The molecule has 0 saturated carbocycles. The Bertz CT molecular complexity index is 1440. The summed E-state index contributed by atoms with van der Waals surface area (Å²) in [5, 5.41) is -0.902. The van der Waals surface area contributed by atoms with Gasteiger partial charge in [-0.15, -0.1) is 0 Å². The van der Waals surface area contributed by atoms with Gasteiger partial charge in [0.2, 0.25) is 0 Å². The second-order valence-electron chi connectivity index (χ2n) is 12.3. The molecule has 0 unspecified atom stereocenters. The van der Waals surface area contributed by atoms with E-state index in [1.807, 2.05) is 88.4 Å². The second kappa shape index (κ2) is 12.3. The van der Waals surface area contributed by atoms with Gasteiger partial charge in [0.25, 0.3) is 0 Å². The van der Waals surface area contributed by atoms with E-state index in [1.165, 1.54) is 12.1 Å². The van der Waals surface area contributed by atoms with Gasteiger partial charge in [0.05, 0.1) is 0 Å². The molecule has 4 aromatic carbocycles. The van der Waals surface area contributed by atoms with Crippen molar-refractivity contribution < 1.29 is 26.3 Å². The number of alkyl halides is 6. The Balaban J connectivity index is 2.12. The van der Waals surface area contributed by atoms with Crippen LogP contribution >= 0.6 is 23.2 Å². The van der Waals surface area contributed by atoms with E-state index in [0.717, 1.165) is 23.3 Å². The van der Waals surface area contributed by atoms with Gasteiger partial charge in [-0.1, -0.05) is 0 Å². The molecule has 0 heterocycles. The van der Waals surface area contributed by atoms with E-state index < -0.39 is 62.7 Å². The fraction of sp³-hybridized carbons (Fsp3) is 0.294. The van der Waals surface area contributed by atoms with Crippen LogP contribution in [0.4, 0.5) is 26.3 Å². The van der Waals surface area contributed by atoms with Crippen LogP contribution in [0.2, 0.25) is 18.9 Å². The summed E-state index contributed by atoms with van der Waals surface area (Å²) in [6.45, 7) is 8.02. The van der Waals surface area contributed by atoms with Gasteiger partial charge in [0, 0.05) is 0 Å². The fourth-order valence-electron chi connectivity index (χ4n) is 6.21. The molecule has 0 fully saturated rings. The van der Waals surface area contributed by atoms with Crippen molar-refractivity contribution in [2.45, 2.75) is 59.8 Å². The molecule has 0 nitrogen and oxygen atoms in total. The summed E-state index contributed by atoms with van der Waals surface area (Å²) in [7, 11) is 0.